The summed E-state index contributed by atoms with van der Waals surface area (Å²) >= 11 is 3.55. The molecule has 0 aliphatic heterocycles. The Balaban J connectivity index is 2.21. The van der Waals surface area contributed by atoms with Crippen LogP contribution in [0.25, 0.3) is 0 Å². The van der Waals surface area contributed by atoms with Gasteiger partial charge in [0.1, 0.15) is 0 Å². The lowest BCUT2D eigenvalue weighted by Crippen LogP contribution is -2.44. The van der Waals surface area contributed by atoms with Gasteiger partial charge in [0, 0.05) is 23.8 Å². The zero-order valence-corrected chi connectivity index (χ0v) is 14.0. The number of benzene rings is 1. The third-order valence-electron chi connectivity index (χ3n) is 4.18. The molecule has 0 heterocycles. The smallest absolute Gasteiger partial charge is 0.0743 e. The molecular formula is C16H25BrN2O. The number of hydrogen-bond acceptors (Lipinski definition) is 3. The van der Waals surface area contributed by atoms with Crippen molar-refractivity contribution in [3.8, 4) is 0 Å². The molecule has 0 bridgehead atoms. The number of nitrogens with zero attached hydrogens (tertiary/aromatic N) is 1. The summed E-state index contributed by atoms with van der Waals surface area (Å²) in [7, 11) is 2.11. The van der Waals surface area contributed by atoms with E-state index >= 15 is 0 Å². The molecular weight excluding hydrogens is 316 g/mol. The van der Waals surface area contributed by atoms with E-state index in [0.29, 0.717) is 0 Å². The van der Waals surface area contributed by atoms with Gasteiger partial charge in [0.25, 0.3) is 0 Å². The van der Waals surface area contributed by atoms with Crippen LogP contribution in [0.3, 0.4) is 0 Å². The molecule has 0 spiro atoms. The molecule has 1 aromatic carbocycles. The zero-order chi connectivity index (χ0) is 14.5. The molecule has 2 atom stereocenters. The predicted octanol–water partition coefficient (Wildman–Crippen LogP) is 3.30. The summed E-state index contributed by atoms with van der Waals surface area (Å²) in [5.74, 6) is 0. The lowest BCUT2D eigenvalue weighted by atomic mass is 9.91. The maximum absolute atomic E-state index is 10.3. The third kappa shape index (κ3) is 3.74. The number of aliphatic hydroxyl groups is 1. The molecule has 2 unspecified atom stereocenters. The number of halogens is 1. The Bertz CT molecular complexity index is 438. The highest BCUT2D eigenvalue weighted by atomic mass is 79.9. The molecule has 0 radical (unpaired) electrons. The molecule has 1 fully saturated rings. The minimum absolute atomic E-state index is 0.204. The second-order valence-corrected chi connectivity index (χ2v) is 6.50. The first-order chi connectivity index (χ1) is 9.63. The fraction of sp³-hybridized carbons (Fsp3) is 0.625. The highest BCUT2D eigenvalue weighted by Crippen LogP contribution is 2.30. The first-order valence-corrected chi connectivity index (χ1v) is 8.32. The highest BCUT2D eigenvalue weighted by molar-refractivity contribution is 9.10. The third-order valence-corrected chi connectivity index (χ3v) is 4.67. The normalized spacial score (nSPS) is 22.8. The first-order valence-electron chi connectivity index (χ1n) is 7.53. The van der Waals surface area contributed by atoms with Crippen LogP contribution in [0.15, 0.2) is 22.7 Å². The maximum Gasteiger partial charge on any atom is 0.0743 e. The van der Waals surface area contributed by atoms with E-state index in [-0.39, 0.29) is 12.1 Å². The van der Waals surface area contributed by atoms with E-state index in [2.05, 4.69) is 58.3 Å². The predicted molar refractivity (Wildman–Crippen MR) is 88.2 cm³/mol. The van der Waals surface area contributed by atoms with Gasteiger partial charge in [-0.2, -0.15) is 0 Å². The highest BCUT2D eigenvalue weighted by Gasteiger charge is 2.27. The molecule has 0 amide bonds. The van der Waals surface area contributed by atoms with Crippen LogP contribution in [0, 0.1) is 0 Å². The number of rotatable bonds is 5. The van der Waals surface area contributed by atoms with E-state index in [4.69, 9.17) is 0 Å². The van der Waals surface area contributed by atoms with Gasteiger partial charge in [0.05, 0.1) is 12.1 Å². The second kappa shape index (κ2) is 7.43. The zero-order valence-electron chi connectivity index (χ0n) is 12.4. The molecule has 112 valence electrons. The van der Waals surface area contributed by atoms with Gasteiger partial charge in [0.15, 0.2) is 0 Å². The fourth-order valence-electron chi connectivity index (χ4n) is 3.02. The van der Waals surface area contributed by atoms with Gasteiger partial charge in [-0.05, 0) is 43.1 Å². The second-order valence-electron chi connectivity index (χ2n) is 5.58. The number of aliphatic hydroxyl groups excluding tert-OH is 1. The Morgan fingerprint density at radius 3 is 2.80 bits per heavy atom. The van der Waals surface area contributed by atoms with Crippen molar-refractivity contribution in [2.24, 2.45) is 0 Å². The SMILES string of the molecule is CCNCc1cc(Br)ccc1N(C)C1CCCCC1O. The Morgan fingerprint density at radius 1 is 1.35 bits per heavy atom. The molecule has 1 aliphatic carbocycles. The van der Waals surface area contributed by atoms with Gasteiger partial charge >= 0.3 is 0 Å². The minimum Gasteiger partial charge on any atom is -0.391 e. The van der Waals surface area contributed by atoms with Crippen LogP contribution in [-0.4, -0.2) is 30.8 Å². The molecule has 0 saturated heterocycles. The average molecular weight is 341 g/mol. The van der Waals surface area contributed by atoms with Crippen molar-refractivity contribution in [2.45, 2.75) is 51.3 Å². The van der Waals surface area contributed by atoms with Crippen molar-refractivity contribution < 1.29 is 5.11 Å². The standard InChI is InChI=1S/C16H25BrN2O/c1-3-18-11-12-10-13(17)8-9-14(12)19(2)15-6-4-5-7-16(15)20/h8-10,15-16,18,20H,3-7,11H2,1-2H3. The van der Waals surface area contributed by atoms with Crippen LogP contribution in [0.5, 0.6) is 0 Å². The Morgan fingerprint density at radius 2 is 2.10 bits per heavy atom. The molecule has 0 aromatic heterocycles. The Kier molecular flexibility index (Phi) is 5.87. The molecule has 2 rings (SSSR count). The molecule has 1 saturated carbocycles. The van der Waals surface area contributed by atoms with E-state index in [1.165, 1.54) is 17.7 Å². The largest absolute Gasteiger partial charge is 0.391 e. The molecule has 3 nitrogen and oxygen atoms in total. The minimum atomic E-state index is -0.204. The lowest BCUT2D eigenvalue weighted by Gasteiger charge is -2.37. The molecule has 1 aromatic rings. The molecule has 1 aliphatic rings. The van der Waals surface area contributed by atoms with Crippen LogP contribution < -0.4 is 10.2 Å². The quantitative estimate of drug-likeness (QED) is 0.863. The molecule has 2 N–H and O–H groups in total. The molecule has 20 heavy (non-hydrogen) atoms. The van der Waals surface area contributed by atoms with Crippen molar-refractivity contribution in [3.63, 3.8) is 0 Å². The fourth-order valence-corrected chi connectivity index (χ4v) is 3.43. The van der Waals surface area contributed by atoms with Crippen molar-refractivity contribution in [1.29, 1.82) is 0 Å². The number of anilines is 1. The summed E-state index contributed by atoms with van der Waals surface area (Å²) in [6, 6.07) is 6.64. The lowest BCUT2D eigenvalue weighted by molar-refractivity contribution is 0.106. The summed E-state index contributed by atoms with van der Waals surface area (Å²) in [5, 5.41) is 13.6. The monoisotopic (exact) mass is 340 g/mol. The van der Waals surface area contributed by atoms with Gasteiger partial charge in [0.2, 0.25) is 0 Å². The van der Waals surface area contributed by atoms with Crippen molar-refractivity contribution in [1.82, 2.24) is 5.32 Å². The van der Waals surface area contributed by atoms with E-state index in [9.17, 15) is 5.11 Å². The van der Waals surface area contributed by atoms with E-state index in [0.717, 1.165) is 36.8 Å². The maximum atomic E-state index is 10.3. The van der Waals surface area contributed by atoms with Crippen molar-refractivity contribution >= 4 is 21.6 Å². The Labute approximate surface area is 130 Å². The van der Waals surface area contributed by atoms with E-state index in [1.807, 2.05) is 0 Å². The van der Waals surface area contributed by atoms with Gasteiger partial charge in [-0.1, -0.05) is 35.7 Å². The van der Waals surface area contributed by atoms with E-state index < -0.39 is 0 Å². The van der Waals surface area contributed by atoms with Crippen LogP contribution in [0.4, 0.5) is 5.69 Å². The summed E-state index contributed by atoms with van der Waals surface area (Å²) < 4.78 is 1.10. The number of hydrogen-bond donors (Lipinski definition) is 2. The summed E-state index contributed by atoms with van der Waals surface area (Å²) in [6.45, 7) is 3.94. The molecule has 4 heteroatoms. The summed E-state index contributed by atoms with van der Waals surface area (Å²) in [6.07, 6.45) is 4.16. The van der Waals surface area contributed by atoms with Crippen LogP contribution in [0.2, 0.25) is 0 Å². The average Bonchev–Trinajstić information content (AvgIpc) is 2.45. The van der Waals surface area contributed by atoms with Gasteiger partial charge in [-0.25, -0.2) is 0 Å². The summed E-state index contributed by atoms with van der Waals surface area (Å²) in [4.78, 5) is 2.27. The number of nitrogens with one attached hydrogen (secondary N) is 1. The van der Waals surface area contributed by atoms with Crippen LogP contribution in [-0.2, 0) is 6.54 Å². The van der Waals surface area contributed by atoms with Gasteiger partial charge in [-0.3, -0.25) is 0 Å². The van der Waals surface area contributed by atoms with Crippen LogP contribution in [0.1, 0.15) is 38.2 Å². The van der Waals surface area contributed by atoms with Gasteiger partial charge in [-0.15, -0.1) is 0 Å². The van der Waals surface area contributed by atoms with Gasteiger partial charge < -0.3 is 15.3 Å². The first kappa shape index (κ1) is 15.8. The Hall–Kier alpha value is -0.580. The van der Waals surface area contributed by atoms with Crippen molar-refractivity contribution in [3.05, 3.63) is 28.2 Å². The van der Waals surface area contributed by atoms with E-state index in [1.54, 1.807) is 0 Å². The number of likely N-dealkylation sites (N-methyl/N-ethyl adjacent to an activating group) is 1. The summed E-state index contributed by atoms with van der Waals surface area (Å²) in [5.41, 5.74) is 2.50. The van der Waals surface area contributed by atoms with Crippen molar-refractivity contribution in [2.75, 3.05) is 18.5 Å². The van der Waals surface area contributed by atoms with Crippen LogP contribution >= 0.6 is 15.9 Å². The topological polar surface area (TPSA) is 35.5 Å².